The molecular formula is C13H10N4O4S. The zero-order valence-electron chi connectivity index (χ0n) is 11.0. The highest BCUT2D eigenvalue weighted by Gasteiger charge is 2.13. The minimum atomic E-state index is -0.614. The summed E-state index contributed by atoms with van der Waals surface area (Å²) in [5, 5.41) is 25.0. The Bertz CT molecular complexity index is 750. The van der Waals surface area contributed by atoms with Gasteiger partial charge in [0.15, 0.2) is 16.7 Å². The molecule has 9 heteroatoms. The Morgan fingerprint density at radius 2 is 2.09 bits per heavy atom. The van der Waals surface area contributed by atoms with E-state index in [1.54, 1.807) is 0 Å². The second kappa shape index (κ2) is 6.59. The van der Waals surface area contributed by atoms with Crippen LogP contribution in [0.15, 0.2) is 42.6 Å². The lowest BCUT2D eigenvalue weighted by Gasteiger charge is -2.09. The summed E-state index contributed by atoms with van der Waals surface area (Å²) in [6.45, 7) is 0. The van der Waals surface area contributed by atoms with E-state index < -0.39 is 10.8 Å². The molecule has 1 aromatic carbocycles. The van der Waals surface area contributed by atoms with E-state index in [4.69, 9.17) is 12.2 Å². The monoisotopic (exact) mass is 318 g/mol. The lowest BCUT2D eigenvalue weighted by atomic mass is 10.2. The van der Waals surface area contributed by atoms with Crippen LogP contribution in [0.2, 0.25) is 0 Å². The first kappa shape index (κ1) is 15.3. The number of aromatic nitrogens is 1. The van der Waals surface area contributed by atoms with Crippen molar-refractivity contribution < 1.29 is 14.8 Å². The Morgan fingerprint density at radius 1 is 1.32 bits per heavy atom. The number of aromatic hydroxyl groups is 1. The molecule has 2 rings (SSSR count). The Balaban J connectivity index is 2.06. The summed E-state index contributed by atoms with van der Waals surface area (Å²) in [7, 11) is 0. The van der Waals surface area contributed by atoms with E-state index >= 15 is 0 Å². The predicted octanol–water partition coefficient (Wildman–Crippen LogP) is 1.82. The zero-order chi connectivity index (χ0) is 16.1. The van der Waals surface area contributed by atoms with Crippen molar-refractivity contribution in [3.05, 3.63) is 58.3 Å². The number of nitrogens with zero attached hydrogens (tertiary/aromatic N) is 2. The van der Waals surface area contributed by atoms with Crippen LogP contribution >= 0.6 is 12.2 Å². The summed E-state index contributed by atoms with van der Waals surface area (Å²) >= 11 is 4.93. The van der Waals surface area contributed by atoms with E-state index in [0.29, 0.717) is 0 Å². The van der Waals surface area contributed by atoms with Crippen molar-refractivity contribution in [2.75, 3.05) is 5.32 Å². The number of thiocarbonyl (C=S) groups is 1. The third-order valence-electron chi connectivity index (χ3n) is 2.56. The van der Waals surface area contributed by atoms with Gasteiger partial charge in [0.25, 0.3) is 11.6 Å². The fourth-order valence-corrected chi connectivity index (χ4v) is 1.76. The van der Waals surface area contributed by atoms with Gasteiger partial charge in [0.2, 0.25) is 0 Å². The number of rotatable bonds is 3. The molecule has 0 atom stereocenters. The van der Waals surface area contributed by atoms with Gasteiger partial charge in [0, 0.05) is 23.9 Å². The fourth-order valence-electron chi connectivity index (χ4n) is 1.57. The number of amides is 1. The summed E-state index contributed by atoms with van der Waals surface area (Å²) < 4.78 is 0. The number of nitrogens with one attached hydrogen (secondary N) is 2. The number of benzene rings is 1. The van der Waals surface area contributed by atoms with Crippen LogP contribution in [0.3, 0.4) is 0 Å². The molecule has 0 spiro atoms. The Labute approximate surface area is 130 Å². The number of non-ortho nitro benzene ring substituents is 1. The lowest BCUT2D eigenvalue weighted by Crippen LogP contribution is -2.34. The molecule has 0 fully saturated rings. The van der Waals surface area contributed by atoms with Gasteiger partial charge in [-0.05, 0) is 30.4 Å². The number of nitro benzene ring substituents is 1. The van der Waals surface area contributed by atoms with Gasteiger partial charge in [-0.15, -0.1) is 0 Å². The van der Waals surface area contributed by atoms with Crippen LogP contribution in [0, 0.1) is 10.1 Å². The molecule has 0 aliphatic heterocycles. The molecule has 112 valence electrons. The Kier molecular flexibility index (Phi) is 4.59. The number of anilines is 1. The number of carbonyl (C=O) groups is 1. The first-order valence-electron chi connectivity index (χ1n) is 5.98. The highest BCUT2D eigenvalue weighted by Crippen LogP contribution is 2.18. The molecule has 1 aromatic heterocycles. The Hall–Kier alpha value is -3.07. The molecule has 0 aliphatic carbocycles. The van der Waals surface area contributed by atoms with Gasteiger partial charge >= 0.3 is 0 Å². The van der Waals surface area contributed by atoms with Crippen molar-refractivity contribution in [2.24, 2.45) is 0 Å². The molecule has 1 amide bonds. The summed E-state index contributed by atoms with van der Waals surface area (Å²) in [6.07, 6.45) is 1.44. The predicted molar refractivity (Wildman–Crippen MR) is 82.7 cm³/mol. The van der Waals surface area contributed by atoms with Gasteiger partial charge in [0.1, 0.15) is 0 Å². The van der Waals surface area contributed by atoms with Crippen LogP contribution in [0.4, 0.5) is 11.5 Å². The van der Waals surface area contributed by atoms with E-state index in [0.717, 1.165) is 6.07 Å². The maximum Gasteiger partial charge on any atom is 0.270 e. The second-order valence-corrected chi connectivity index (χ2v) is 4.50. The number of carbonyl (C=O) groups excluding carboxylic acids is 1. The van der Waals surface area contributed by atoms with Crippen LogP contribution in [0.25, 0.3) is 0 Å². The van der Waals surface area contributed by atoms with Crippen molar-refractivity contribution in [3.63, 3.8) is 0 Å². The summed E-state index contributed by atoms with van der Waals surface area (Å²) in [5.41, 5.74) is -0.113. The second-order valence-electron chi connectivity index (χ2n) is 4.09. The molecule has 0 bridgehead atoms. The minimum absolute atomic E-state index is 0.0867. The van der Waals surface area contributed by atoms with Crippen molar-refractivity contribution in [2.45, 2.75) is 0 Å². The van der Waals surface area contributed by atoms with Crippen LogP contribution in [-0.2, 0) is 0 Å². The summed E-state index contributed by atoms with van der Waals surface area (Å²) in [5.74, 6) is -0.655. The van der Waals surface area contributed by atoms with Crippen molar-refractivity contribution in [1.82, 2.24) is 10.3 Å². The molecule has 0 unspecified atom stereocenters. The molecule has 2 aromatic rings. The van der Waals surface area contributed by atoms with Crippen LogP contribution in [0.5, 0.6) is 5.75 Å². The topological polar surface area (TPSA) is 117 Å². The standard InChI is InChI=1S/C13H10N4O4S/c18-10-5-2-6-14-11(10)15-13(22)16-12(19)8-3-1-4-9(7-8)17(20)21/h1-7,18H,(H2,14,15,16,19,22). The van der Waals surface area contributed by atoms with Crippen LogP contribution in [0.1, 0.15) is 10.4 Å². The highest BCUT2D eigenvalue weighted by molar-refractivity contribution is 7.80. The number of nitro groups is 1. The SMILES string of the molecule is O=C(NC(=S)Nc1ncccc1O)c1cccc([N+](=O)[O-])c1. The first-order chi connectivity index (χ1) is 10.5. The van der Waals surface area contributed by atoms with Crippen LogP contribution in [-0.4, -0.2) is 26.0 Å². The molecule has 0 saturated heterocycles. The first-order valence-corrected chi connectivity index (χ1v) is 6.39. The third kappa shape index (κ3) is 3.73. The quantitative estimate of drug-likeness (QED) is 0.449. The summed E-state index contributed by atoms with van der Waals surface area (Å²) in [4.78, 5) is 25.9. The largest absolute Gasteiger partial charge is 0.504 e. The molecule has 0 radical (unpaired) electrons. The average Bonchev–Trinajstić information content (AvgIpc) is 2.49. The molecule has 22 heavy (non-hydrogen) atoms. The van der Waals surface area contributed by atoms with Gasteiger partial charge < -0.3 is 10.4 Å². The average molecular weight is 318 g/mol. The number of pyridine rings is 1. The van der Waals surface area contributed by atoms with Crippen LogP contribution < -0.4 is 10.6 Å². The molecule has 1 heterocycles. The van der Waals surface area contributed by atoms with E-state index in [9.17, 15) is 20.0 Å². The molecule has 0 saturated carbocycles. The van der Waals surface area contributed by atoms with Crippen molar-refractivity contribution in [3.8, 4) is 5.75 Å². The van der Waals surface area contributed by atoms with Gasteiger partial charge in [-0.1, -0.05) is 6.07 Å². The number of hydrogen-bond donors (Lipinski definition) is 3. The van der Waals surface area contributed by atoms with E-state index in [1.165, 1.54) is 36.5 Å². The Morgan fingerprint density at radius 3 is 2.77 bits per heavy atom. The van der Waals surface area contributed by atoms with Crippen molar-refractivity contribution in [1.29, 1.82) is 0 Å². The van der Waals surface area contributed by atoms with E-state index in [1.807, 2.05) is 0 Å². The fraction of sp³-hybridized carbons (Fsp3) is 0. The minimum Gasteiger partial charge on any atom is -0.504 e. The lowest BCUT2D eigenvalue weighted by molar-refractivity contribution is -0.384. The molecule has 0 aliphatic rings. The maximum atomic E-state index is 12.0. The van der Waals surface area contributed by atoms with Gasteiger partial charge in [0.05, 0.1) is 4.92 Å². The van der Waals surface area contributed by atoms with Gasteiger partial charge in [-0.2, -0.15) is 0 Å². The molecule has 3 N–H and O–H groups in total. The van der Waals surface area contributed by atoms with Gasteiger partial charge in [-0.3, -0.25) is 20.2 Å². The highest BCUT2D eigenvalue weighted by atomic mass is 32.1. The van der Waals surface area contributed by atoms with Gasteiger partial charge in [-0.25, -0.2) is 4.98 Å². The molecular weight excluding hydrogens is 308 g/mol. The normalized spacial score (nSPS) is 9.82. The summed E-state index contributed by atoms with van der Waals surface area (Å²) in [6, 6.07) is 8.16. The van der Waals surface area contributed by atoms with Crippen molar-refractivity contribution >= 4 is 34.7 Å². The number of hydrogen-bond acceptors (Lipinski definition) is 6. The van der Waals surface area contributed by atoms with E-state index in [2.05, 4.69) is 15.6 Å². The third-order valence-corrected chi connectivity index (χ3v) is 2.77. The smallest absolute Gasteiger partial charge is 0.270 e. The molecule has 8 nitrogen and oxygen atoms in total. The maximum absolute atomic E-state index is 12.0. The van der Waals surface area contributed by atoms with E-state index in [-0.39, 0.29) is 27.9 Å². The zero-order valence-corrected chi connectivity index (χ0v) is 11.8.